The van der Waals surface area contributed by atoms with Gasteiger partial charge >= 0.3 is 0 Å². The number of imidazole rings is 1. The molecule has 3 aromatic rings. The fourth-order valence-corrected chi connectivity index (χ4v) is 3.75. The lowest BCUT2D eigenvalue weighted by Crippen LogP contribution is -2.12. The van der Waals surface area contributed by atoms with Crippen molar-refractivity contribution in [2.45, 2.75) is 71.9 Å². The Hall–Kier alpha value is -2.00. The molecule has 1 aromatic heterocycles. The quantitative estimate of drug-likeness (QED) is 0.330. The molecule has 1 atom stereocenters. The minimum Gasteiger partial charge on any atom is -0.483 e. The number of nitrogens with zero attached hydrogens (tertiary/aromatic N) is 2. The lowest BCUT2D eigenvalue weighted by atomic mass is 10.1. The van der Waals surface area contributed by atoms with E-state index < -0.39 is 0 Å². The molecule has 3 nitrogen and oxygen atoms in total. The molecule has 0 spiro atoms. The summed E-state index contributed by atoms with van der Waals surface area (Å²) in [6, 6.07) is 14.2. The molecule has 2 aromatic carbocycles. The smallest absolute Gasteiger partial charge is 0.153 e. The number of aromatic nitrogens is 2. The fraction of sp³-hybridized carbons (Fsp3) is 0.458. The maximum absolute atomic E-state index is 6.22. The van der Waals surface area contributed by atoms with E-state index in [0.29, 0.717) is 0 Å². The summed E-state index contributed by atoms with van der Waals surface area (Å²) in [7, 11) is 0. The van der Waals surface area contributed by atoms with E-state index in [0.717, 1.165) is 34.2 Å². The Balaban J connectivity index is 1.76. The molecule has 150 valence electrons. The minimum atomic E-state index is -0.131. The van der Waals surface area contributed by atoms with Crippen LogP contribution >= 0.6 is 11.6 Å². The molecule has 0 saturated carbocycles. The number of hydrogen-bond donors (Lipinski definition) is 0. The van der Waals surface area contributed by atoms with E-state index in [1.807, 2.05) is 31.2 Å². The van der Waals surface area contributed by atoms with Gasteiger partial charge in [-0.15, -0.1) is 0 Å². The van der Waals surface area contributed by atoms with Crippen LogP contribution in [0.2, 0.25) is 5.02 Å². The standard InChI is InChI=1S/C24H31ClN2O/c1-4-5-6-7-8-11-16-27-23-13-10-9-12-22(23)26-24(27)19(3)28-20-14-15-21(25)18(2)17-20/h9-10,12-15,17,19H,4-8,11,16H2,1-3H3. The van der Waals surface area contributed by atoms with Crippen molar-refractivity contribution in [3.63, 3.8) is 0 Å². The molecule has 0 amide bonds. The number of para-hydroxylation sites is 2. The van der Waals surface area contributed by atoms with Crippen molar-refractivity contribution in [1.82, 2.24) is 9.55 Å². The second-order valence-corrected chi connectivity index (χ2v) is 7.96. The first kappa shape index (κ1) is 20.7. The second kappa shape index (κ2) is 9.97. The summed E-state index contributed by atoms with van der Waals surface area (Å²) in [5.41, 5.74) is 3.24. The van der Waals surface area contributed by atoms with Crippen molar-refractivity contribution in [3.05, 3.63) is 58.9 Å². The topological polar surface area (TPSA) is 27.1 Å². The maximum atomic E-state index is 6.22. The number of hydrogen-bond acceptors (Lipinski definition) is 2. The molecule has 0 aliphatic heterocycles. The van der Waals surface area contributed by atoms with Crippen LogP contribution in [0.5, 0.6) is 5.75 Å². The van der Waals surface area contributed by atoms with E-state index in [4.69, 9.17) is 21.3 Å². The van der Waals surface area contributed by atoms with Gasteiger partial charge in [0.25, 0.3) is 0 Å². The summed E-state index contributed by atoms with van der Waals surface area (Å²) in [6.45, 7) is 7.30. The predicted octanol–water partition coefficient (Wildman–Crippen LogP) is 7.50. The third-order valence-corrected chi connectivity index (χ3v) is 5.65. The van der Waals surface area contributed by atoms with E-state index in [1.165, 1.54) is 44.0 Å². The molecular formula is C24H31ClN2O. The van der Waals surface area contributed by atoms with Gasteiger partial charge in [0, 0.05) is 11.6 Å². The number of aryl methyl sites for hydroxylation is 2. The number of ether oxygens (including phenoxy) is 1. The van der Waals surface area contributed by atoms with Crippen molar-refractivity contribution >= 4 is 22.6 Å². The van der Waals surface area contributed by atoms with E-state index in [9.17, 15) is 0 Å². The lowest BCUT2D eigenvalue weighted by Gasteiger charge is -2.17. The van der Waals surface area contributed by atoms with Gasteiger partial charge in [0.05, 0.1) is 11.0 Å². The van der Waals surface area contributed by atoms with Crippen LogP contribution in [-0.4, -0.2) is 9.55 Å². The summed E-state index contributed by atoms with van der Waals surface area (Å²) < 4.78 is 8.56. The van der Waals surface area contributed by atoms with Crippen molar-refractivity contribution < 1.29 is 4.74 Å². The highest BCUT2D eigenvalue weighted by Gasteiger charge is 2.18. The summed E-state index contributed by atoms with van der Waals surface area (Å²) in [5.74, 6) is 1.81. The molecule has 1 unspecified atom stereocenters. The molecule has 1 heterocycles. The number of halogens is 1. The minimum absolute atomic E-state index is 0.131. The van der Waals surface area contributed by atoms with Crippen LogP contribution in [0.15, 0.2) is 42.5 Å². The number of benzene rings is 2. The average Bonchev–Trinajstić information content (AvgIpc) is 3.06. The third kappa shape index (κ3) is 5.08. The average molecular weight is 399 g/mol. The monoisotopic (exact) mass is 398 g/mol. The van der Waals surface area contributed by atoms with Crippen LogP contribution in [0.4, 0.5) is 0 Å². The highest BCUT2D eigenvalue weighted by Crippen LogP contribution is 2.28. The van der Waals surface area contributed by atoms with E-state index in [2.05, 4.69) is 36.6 Å². The summed E-state index contributed by atoms with van der Waals surface area (Å²) in [6.07, 6.45) is 7.57. The zero-order chi connectivity index (χ0) is 19.9. The number of fused-ring (bicyclic) bond motifs is 1. The zero-order valence-corrected chi connectivity index (χ0v) is 18.0. The molecule has 28 heavy (non-hydrogen) atoms. The van der Waals surface area contributed by atoms with Gasteiger partial charge < -0.3 is 9.30 Å². The SMILES string of the molecule is CCCCCCCCn1c(C(C)Oc2ccc(Cl)c(C)c2)nc2ccccc21. The van der Waals surface area contributed by atoms with Crippen LogP contribution in [0.1, 0.15) is 69.9 Å². The Bertz CT molecular complexity index is 903. The van der Waals surface area contributed by atoms with E-state index >= 15 is 0 Å². The first-order valence-corrected chi connectivity index (χ1v) is 10.9. The Kier molecular flexibility index (Phi) is 7.38. The normalized spacial score (nSPS) is 12.4. The highest BCUT2D eigenvalue weighted by atomic mass is 35.5. The van der Waals surface area contributed by atoms with Crippen LogP contribution in [-0.2, 0) is 6.54 Å². The van der Waals surface area contributed by atoms with Crippen molar-refractivity contribution in [2.24, 2.45) is 0 Å². The van der Waals surface area contributed by atoms with Crippen LogP contribution < -0.4 is 4.74 Å². The molecule has 0 radical (unpaired) electrons. The van der Waals surface area contributed by atoms with Gasteiger partial charge in [-0.2, -0.15) is 0 Å². The molecular weight excluding hydrogens is 368 g/mol. The number of rotatable bonds is 10. The molecule has 0 aliphatic carbocycles. The van der Waals surface area contributed by atoms with Gasteiger partial charge in [0.1, 0.15) is 5.75 Å². The summed E-state index contributed by atoms with van der Waals surface area (Å²) >= 11 is 6.14. The molecule has 0 fully saturated rings. The largest absolute Gasteiger partial charge is 0.483 e. The van der Waals surface area contributed by atoms with Gasteiger partial charge in [0.2, 0.25) is 0 Å². The van der Waals surface area contributed by atoms with Gasteiger partial charge in [0.15, 0.2) is 11.9 Å². The third-order valence-electron chi connectivity index (χ3n) is 5.23. The van der Waals surface area contributed by atoms with Crippen molar-refractivity contribution in [1.29, 1.82) is 0 Å². The van der Waals surface area contributed by atoms with Gasteiger partial charge in [-0.1, -0.05) is 62.8 Å². The lowest BCUT2D eigenvalue weighted by molar-refractivity contribution is 0.211. The van der Waals surface area contributed by atoms with Crippen molar-refractivity contribution in [3.8, 4) is 5.75 Å². The van der Waals surface area contributed by atoms with Crippen LogP contribution in [0, 0.1) is 6.92 Å². The zero-order valence-electron chi connectivity index (χ0n) is 17.2. The van der Waals surface area contributed by atoms with Crippen LogP contribution in [0.3, 0.4) is 0 Å². The van der Waals surface area contributed by atoms with Gasteiger partial charge in [-0.3, -0.25) is 0 Å². The molecule has 0 saturated heterocycles. The molecule has 0 N–H and O–H groups in total. The Morgan fingerprint density at radius 1 is 1.04 bits per heavy atom. The van der Waals surface area contributed by atoms with E-state index in [-0.39, 0.29) is 6.10 Å². The Morgan fingerprint density at radius 2 is 1.79 bits per heavy atom. The molecule has 0 bridgehead atoms. The van der Waals surface area contributed by atoms with E-state index in [1.54, 1.807) is 0 Å². The Labute approximate surface area is 173 Å². The number of unbranched alkanes of at least 4 members (excludes halogenated alkanes) is 5. The predicted molar refractivity (Wildman–Crippen MR) is 118 cm³/mol. The summed E-state index contributed by atoms with van der Waals surface area (Å²) in [4.78, 5) is 4.89. The Morgan fingerprint density at radius 3 is 2.57 bits per heavy atom. The maximum Gasteiger partial charge on any atom is 0.153 e. The van der Waals surface area contributed by atoms with Gasteiger partial charge in [-0.25, -0.2) is 4.98 Å². The fourth-order valence-electron chi connectivity index (χ4n) is 3.64. The van der Waals surface area contributed by atoms with Crippen molar-refractivity contribution in [2.75, 3.05) is 0 Å². The molecule has 4 heteroatoms. The highest BCUT2D eigenvalue weighted by molar-refractivity contribution is 6.31. The van der Waals surface area contributed by atoms with Gasteiger partial charge in [-0.05, 0) is 56.2 Å². The molecule has 3 rings (SSSR count). The van der Waals surface area contributed by atoms with Crippen LogP contribution in [0.25, 0.3) is 11.0 Å². The second-order valence-electron chi connectivity index (χ2n) is 7.55. The molecule has 0 aliphatic rings. The first-order chi connectivity index (χ1) is 13.6. The summed E-state index contributed by atoms with van der Waals surface area (Å²) in [5, 5.41) is 0.760. The first-order valence-electron chi connectivity index (χ1n) is 10.5.